The lowest BCUT2D eigenvalue weighted by atomic mass is 9.81. The van der Waals surface area contributed by atoms with Crippen LogP contribution in [0.3, 0.4) is 0 Å². The van der Waals surface area contributed by atoms with E-state index in [0.717, 1.165) is 42.5 Å². The summed E-state index contributed by atoms with van der Waals surface area (Å²) in [7, 11) is 1.33. The number of likely N-dealkylation sites (tertiary alicyclic amines) is 1. The zero-order valence-corrected chi connectivity index (χ0v) is 31.3. The van der Waals surface area contributed by atoms with Crippen LogP contribution in [0.5, 0.6) is 0 Å². The van der Waals surface area contributed by atoms with Crippen molar-refractivity contribution in [2.24, 2.45) is 16.8 Å². The summed E-state index contributed by atoms with van der Waals surface area (Å²) >= 11 is 0. The van der Waals surface area contributed by atoms with Gasteiger partial charge in [-0.1, -0.05) is 75.6 Å². The van der Waals surface area contributed by atoms with Gasteiger partial charge in [0.15, 0.2) is 0 Å². The summed E-state index contributed by atoms with van der Waals surface area (Å²) in [5.41, 5.74) is 14.3. The van der Waals surface area contributed by atoms with Gasteiger partial charge in [-0.3, -0.25) is 9.79 Å². The SMILES string of the molecule is CCC(C)[C@H](NC(=O)OC)C(=O)N1CCCC1c1nc2ccc(-c3ccc(-c4ccc(C5=CN=C(C6CCCC6)C5)cc4)c4c3C3CCC4C3)cc2[nH]1. The first-order valence-electron chi connectivity index (χ1n) is 20.1. The van der Waals surface area contributed by atoms with Crippen molar-refractivity contribution in [1.82, 2.24) is 20.2 Å². The largest absolute Gasteiger partial charge is 0.453 e. The molecule has 5 atom stereocenters. The highest BCUT2D eigenvalue weighted by Gasteiger charge is 2.41. The number of aromatic amines is 1. The smallest absolute Gasteiger partial charge is 0.407 e. The summed E-state index contributed by atoms with van der Waals surface area (Å²) in [6, 6.07) is 19.8. The van der Waals surface area contributed by atoms with Gasteiger partial charge in [-0.25, -0.2) is 9.78 Å². The van der Waals surface area contributed by atoms with Crippen LogP contribution in [0.2, 0.25) is 0 Å². The second-order valence-corrected chi connectivity index (χ2v) is 16.2. The molecule has 2 amide bonds. The average molecular weight is 710 g/mol. The Morgan fingerprint density at radius 1 is 0.887 bits per heavy atom. The number of nitrogens with one attached hydrogen (secondary N) is 2. The molecule has 8 nitrogen and oxygen atoms in total. The molecular formula is C45H51N5O3. The van der Waals surface area contributed by atoms with Crippen LogP contribution in [0, 0.1) is 11.8 Å². The van der Waals surface area contributed by atoms with Gasteiger partial charge < -0.3 is 19.9 Å². The number of carbonyl (C=O) groups excluding carboxylic acids is 2. The molecule has 2 bridgehead atoms. The Balaban J connectivity index is 0.981. The zero-order valence-electron chi connectivity index (χ0n) is 31.3. The maximum atomic E-state index is 13.9. The molecule has 3 fully saturated rings. The molecule has 2 saturated carbocycles. The summed E-state index contributed by atoms with van der Waals surface area (Å²) in [6.45, 7) is 4.66. The van der Waals surface area contributed by atoms with Gasteiger partial charge in [-0.05, 0) is 125 Å². The minimum Gasteiger partial charge on any atom is -0.453 e. The molecule has 1 aromatic heterocycles. The summed E-state index contributed by atoms with van der Waals surface area (Å²) in [4.78, 5) is 41.4. The van der Waals surface area contributed by atoms with Crippen LogP contribution in [-0.2, 0) is 9.53 Å². The highest BCUT2D eigenvalue weighted by Crippen LogP contribution is 2.58. The van der Waals surface area contributed by atoms with Gasteiger partial charge in [-0.15, -0.1) is 0 Å². The second-order valence-electron chi connectivity index (χ2n) is 16.2. The molecule has 0 radical (unpaired) electrons. The number of nitrogens with zero attached hydrogens (tertiary/aromatic N) is 3. The molecule has 8 heteroatoms. The molecule has 3 aliphatic carbocycles. The molecule has 3 heterocycles. The van der Waals surface area contributed by atoms with Crippen molar-refractivity contribution in [3.63, 3.8) is 0 Å². The van der Waals surface area contributed by atoms with E-state index in [1.165, 1.54) is 96.7 Å². The number of H-pyrrole nitrogens is 1. The van der Waals surface area contributed by atoms with Gasteiger partial charge >= 0.3 is 6.09 Å². The zero-order chi connectivity index (χ0) is 36.2. The topological polar surface area (TPSA) is 99.7 Å². The molecule has 53 heavy (non-hydrogen) atoms. The summed E-state index contributed by atoms with van der Waals surface area (Å²) in [5, 5.41) is 2.80. The standard InChI is InChI=1S/C45H51N5O3/c1-4-26(2)42(49-45(52)53-3)44(51)50-21-7-10-39(50)43-47-36-20-17-30(23-38(36)48-43)35-19-18-34(40-31-15-16-32(22-31)41(35)40)28-13-11-27(12-14-28)33-24-37(46-25-33)29-8-5-6-9-29/h11-14,17-20,23,25-26,29,31-32,39,42H,4-10,15-16,21-22,24H2,1-3H3,(H,47,48)(H,49,52)/t26?,31?,32?,39?,42-/m0/s1. The first-order chi connectivity index (χ1) is 25.9. The highest BCUT2D eigenvalue weighted by molar-refractivity contribution is 6.00. The number of hydrogen-bond acceptors (Lipinski definition) is 5. The lowest BCUT2D eigenvalue weighted by molar-refractivity contribution is -0.135. The molecule has 2 aliphatic heterocycles. The molecule has 9 rings (SSSR count). The van der Waals surface area contributed by atoms with Crippen molar-refractivity contribution in [3.05, 3.63) is 83.3 Å². The van der Waals surface area contributed by atoms with E-state index in [1.54, 1.807) is 5.56 Å². The van der Waals surface area contributed by atoms with Crippen LogP contribution in [0.1, 0.15) is 125 Å². The molecule has 2 N–H and O–H groups in total. The quantitative estimate of drug-likeness (QED) is 0.181. The van der Waals surface area contributed by atoms with E-state index in [-0.39, 0.29) is 17.9 Å². The van der Waals surface area contributed by atoms with Crippen LogP contribution in [0.15, 0.2) is 65.8 Å². The van der Waals surface area contributed by atoms with E-state index in [9.17, 15) is 9.59 Å². The second kappa shape index (κ2) is 13.9. The Bertz CT molecular complexity index is 2120. The van der Waals surface area contributed by atoms with Gasteiger partial charge in [0.05, 0.1) is 24.2 Å². The molecule has 3 aromatic carbocycles. The van der Waals surface area contributed by atoms with Crippen molar-refractivity contribution < 1.29 is 14.3 Å². The highest BCUT2D eigenvalue weighted by atomic mass is 16.5. The normalized spacial score (nSPS) is 23.3. The van der Waals surface area contributed by atoms with Gasteiger partial charge in [-0.2, -0.15) is 0 Å². The van der Waals surface area contributed by atoms with Crippen LogP contribution < -0.4 is 5.32 Å². The molecule has 1 saturated heterocycles. The fourth-order valence-corrected chi connectivity index (χ4v) is 10.2. The van der Waals surface area contributed by atoms with Crippen molar-refractivity contribution in [3.8, 4) is 22.3 Å². The number of methoxy groups -OCH3 is 1. The van der Waals surface area contributed by atoms with Crippen molar-refractivity contribution in [2.45, 2.75) is 108 Å². The monoisotopic (exact) mass is 709 g/mol. The third-order valence-corrected chi connectivity index (χ3v) is 13.3. The van der Waals surface area contributed by atoms with Crippen LogP contribution in [0.4, 0.5) is 4.79 Å². The molecule has 4 unspecified atom stereocenters. The lowest BCUT2D eigenvalue weighted by Gasteiger charge is -2.30. The average Bonchev–Trinajstić information content (AvgIpc) is 4.05. The number of fused-ring (bicyclic) bond motifs is 6. The summed E-state index contributed by atoms with van der Waals surface area (Å²) in [5.74, 6) is 2.61. The Morgan fingerprint density at radius 2 is 1.58 bits per heavy atom. The first-order valence-corrected chi connectivity index (χ1v) is 20.1. The van der Waals surface area contributed by atoms with Crippen molar-refractivity contribution >= 4 is 34.3 Å². The number of amides is 2. The van der Waals surface area contributed by atoms with Gasteiger partial charge in [0.25, 0.3) is 0 Å². The Morgan fingerprint density at radius 3 is 2.30 bits per heavy atom. The number of benzene rings is 3. The van der Waals surface area contributed by atoms with Crippen LogP contribution in [-0.4, -0.2) is 52.3 Å². The summed E-state index contributed by atoms with van der Waals surface area (Å²) in [6.07, 6.45) is 14.1. The number of aliphatic imine (C=N–C) groups is 1. The number of aromatic nitrogens is 2. The van der Waals surface area contributed by atoms with E-state index >= 15 is 0 Å². The van der Waals surface area contributed by atoms with E-state index in [1.807, 2.05) is 18.7 Å². The lowest BCUT2D eigenvalue weighted by Crippen LogP contribution is -2.51. The van der Waals surface area contributed by atoms with E-state index < -0.39 is 12.1 Å². The fraction of sp³-hybridized carbons (Fsp3) is 0.467. The molecular weight excluding hydrogens is 659 g/mol. The number of allylic oxidation sites excluding steroid dienone is 1. The van der Waals surface area contributed by atoms with Crippen LogP contribution >= 0.6 is 0 Å². The number of hydrogen-bond donors (Lipinski definition) is 2. The van der Waals surface area contributed by atoms with Gasteiger partial charge in [0.1, 0.15) is 11.9 Å². The van der Waals surface area contributed by atoms with E-state index in [4.69, 9.17) is 14.7 Å². The first kappa shape index (κ1) is 34.1. The predicted octanol–water partition coefficient (Wildman–Crippen LogP) is 10.1. The number of carbonyl (C=O) groups is 2. The Hall–Kier alpha value is -4.72. The maximum Gasteiger partial charge on any atom is 0.407 e. The summed E-state index contributed by atoms with van der Waals surface area (Å²) < 4.78 is 4.85. The molecule has 0 spiro atoms. The van der Waals surface area contributed by atoms with Crippen LogP contribution in [0.25, 0.3) is 38.9 Å². The maximum absolute atomic E-state index is 13.9. The Labute approximate surface area is 312 Å². The minimum atomic E-state index is -0.642. The predicted molar refractivity (Wildman–Crippen MR) is 211 cm³/mol. The third-order valence-electron chi connectivity index (χ3n) is 13.3. The molecule has 5 aliphatic rings. The Kier molecular flexibility index (Phi) is 8.95. The van der Waals surface area contributed by atoms with E-state index in [0.29, 0.717) is 24.3 Å². The third kappa shape index (κ3) is 6.08. The number of ether oxygens (including phenoxy) is 1. The molecule has 4 aromatic rings. The van der Waals surface area contributed by atoms with Gasteiger partial charge in [0, 0.05) is 24.9 Å². The number of imidazole rings is 1. The van der Waals surface area contributed by atoms with E-state index in [2.05, 4.69) is 71.1 Å². The number of alkyl carbamates (subject to hydrolysis) is 1. The van der Waals surface area contributed by atoms with Crippen molar-refractivity contribution in [2.75, 3.05) is 13.7 Å². The number of rotatable bonds is 9. The van der Waals surface area contributed by atoms with Crippen molar-refractivity contribution in [1.29, 1.82) is 0 Å². The minimum absolute atomic E-state index is 0.0250. The molecule has 274 valence electrons. The fourth-order valence-electron chi connectivity index (χ4n) is 10.2. The van der Waals surface area contributed by atoms with Gasteiger partial charge in [0.2, 0.25) is 5.91 Å².